The van der Waals surface area contributed by atoms with Crippen LogP contribution in [0.1, 0.15) is 78.3 Å². The number of anilines is 1. The van der Waals surface area contributed by atoms with Gasteiger partial charge in [0.05, 0.1) is 33.6 Å². The van der Waals surface area contributed by atoms with E-state index < -0.39 is 57.0 Å². The number of benzene rings is 2. The number of rotatable bonds is 13. The van der Waals surface area contributed by atoms with Crippen molar-refractivity contribution in [3.05, 3.63) is 95.8 Å². The Kier molecular flexibility index (Phi) is 11.2. The minimum atomic E-state index is -3.86. The van der Waals surface area contributed by atoms with Gasteiger partial charge in [-0.25, -0.2) is 27.2 Å². The topological polar surface area (TPSA) is 186 Å². The fourth-order valence-electron chi connectivity index (χ4n) is 8.34. The minimum Gasteiger partial charge on any atom is -0.491 e. The maximum Gasteiger partial charge on any atom is 0.266 e. The third kappa shape index (κ3) is 7.72. The third-order valence-electron chi connectivity index (χ3n) is 11.5. The summed E-state index contributed by atoms with van der Waals surface area (Å²) >= 11 is 0. The molecule has 3 aliphatic heterocycles. The molecule has 0 spiro atoms. The van der Waals surface area contributed by atoms with Gasteiger partial charge in [0.1, 0.15) is 36.2 Å². The predicted octanol–water partition coefficient (Wildman–Crippen LogP) is 5.21. The number of halogens is 2. The molecule has 6 heterocycles. The summed E-state index contributed by atoms with van der Waals surface area (Å²) in [5, 5.41) is 2.20. The smallest absolute Gasteiger partial charge is 0.266 e. The van der Waals surface area contributed by atoms with Crippen LogP contribution in [0.4, 0.5) is 14.5 Å². The highest BCUT2D eigenvalue weighted by molar-refractivity contribution is 7.92. The van der Waals surface area contributed by atoms with Crippen LogP contribution in [-0.2, 0) is 19.6 Å². The van der Waals surface area contributed by atoms with Gasteiger partial charge < -0.3 is 9.30 Å². The van der Waals surface area contributed by atoms with Crippen molar-refractivity contribution in [3.63, 3.8) is 0 Å². The van der Waals surface area contributed by atoms with Crippen LogP contribution in [0.3, 0.4) is 0 Å². The normalized spacial score (nSPS) is 18.2. The number of hydrogen-bond acceptors (Lipinski definition) is 11. The Morgan fingerprint density at radius 2 is 1.73 bits per heavy atom. The van der Waals surface area contributed by atoms with Crippen LogP contribution in [-0.4, -0.2) is 99.4 Å². The van der Waals surface area contributed by atoms with Crippen LogP contribution in [0.2, 0.25) is 0 Å². The number of piperidine rings is 2. The summed E-state index contributed by atoms with van der Waals surface area (Å²) in [5.41, 5.74) is 2.26. The second-order valence-corrected chi connectivity index (χ2v) is 17.1. The molecule has 312 valence electrons. The molecule has 4 amide bonds. The number of aromatic nitrogens is 4. The minimum absolute atomic E-state index is 0.0172. The largest absolute Gasteiger partial charge is 0.491 e. The lowest BCUT2D eigenvalue weighted by atomic mass is 9.83. The maximum absolute atomic E-state index is 16.1. The van der Waals surface area contributed by atoms with Crippen molar-refractivity contribution >= 4 is 50.4 Å². The monoisotopic (exact) mass is 840 g/mol. The summed E-state index contributed by atoms with van der Waals surface area (Å²) in [6.07, 6.45) is 8.23. The highest BCUT2D eigenvalue weighted by atomic mass is 32.2. The summed E-state index contributed by atoms with van der Waals surface area (Å²) in [4.78, 5) is 67.3. The van der Waals surface area contributed by atoms with E-state index in [1.807, 2.05) is 6.07 Å². The molecule has 8 rings (SSSR count). The number of nitrogens with zero attached hydrogens (tertiary/aromatic N) is 6. The van der Waals surface area contributed by atoms with Crippen LogP contribution in [0.5, 0.6) is 5.75 Å². The molecular formula is C42H42F2N8O7S. The summed E-state index contributed by atoms with van der Waals surface area (Å²) in [7, 11) is -3.86. The summed E-state index contributed by atoms with van der Waals surface area (Å²) in [6.45, 7) is 6.16. The second-order valence-electron chi connectivity index (χ2n) is 15.3. The molecule has 60 heavy (non-hydrogen) atoms. The molecule has 15 nitrogen and oxygen atoms in total. The average Bonchev–Trinajstić information content (AvgIpc) is 3.73. The van der Waals surface area contributed by atoms with Crippen molar-refractivity contribution < 1.29 is 41.1 Å². The van der Waals surface area contributed by atoms with Crippen molar-refractivity contribution in [3.8, 4) is 22.6 Å². The van der Waals surface area contributed by atoms with E-state index in [-0.39, 0.29) is 59.6 Å². The molecule has 2 atom stereocenters. The summed E-state index contributed by atoms with van der Waals surface area (Å²) in [6, 6.07) is 9.43. The molecule has 5 aromatic rings. The van der Waals surface area contributed by atoms with Crippen LogP contribution in [0, 0.1) is 17.6 Å². The Bertz CT molecular complexity index is 2630. The average molecular weight is 841 g/mol. The number of fused-ring (bicyclic) bond motifs is 2. The Morgan fingerprint density at radius 3 is 2.47 bits per heavy atom. The fourth-order valence-corrected chi connectivity index (χ4v) is 9.47. The summed E-state index contributed by atoms with van der Waals surface area (Å²) in [5.74, 6) is -3.96. The van der Waals surface area contributed by atoms with Gasteiger partial charge in [0.2, 0.25) is 21.8 Å². The Morgan fingerprint density at radius 1 is 0.967 bits per heavy atom. The van der Waals surface area contributed by atoms with E-state index in [0.717, 1.165) is 48.7 Å². The van der Waals surface area contributed by atoms with Crippen LogP contribution >= 0.6 is 0 Å². The predicted molar refractivity (Wildman–Crippen MR) is 216 cm³/mol. The number of amides is 4. The van der Waals surface area contributed by atoms with Gasteiger partial charge in [0.25, 0.3) is 11.8 Å². The van der Waals surface area contributed by atoms with Crippen molar-refractivity contribution in [2.24, 2.45) is 5.92 Å². The SMILES string of the molecule is CCCS(=O)(=O)Nc1ccc(F)c(-n2cc(-c3cncnc3)c3nc(C(C)C4CCN(CCOc5cccc6c5C(=O)N(C5CCC(=O)NC5=O)C6=O)CC4)ccc32)c1F. The van der Waals surface area contributed by atoms with Crippen molar-refractivity contribution in [1.82, 2.24) is 34.6 Å². The van der Waals surface area contributed by atoms with E-state index in [1.54, 1.807) is 43.7 Å². The number of likely N-dealkylation sites (tertiary alicyclic amines) is 1. The molecule has 0 saturated carbocycles. The number of carbonyl (C=O) groups excluding carboxylic acids is 4. The number of sulfonamides is 1. The lowest BCUT2D eigenvalue weighted by molar-refractivity contribution is -0.136. The molecule has 3 aromatic heterocycles. The second kappa shape index (κ2) is 16.5. The molecule has 18 heteroatoms. The highest BCUT2D eigenvalue weighted by Gasteiger charge is 2.46. The molecule has 0 aliphatic carbocycles. The number of pyridine rings is 1. The van der Waals surface area contributed by atoms with Gasteiger partial charge in [-0.1, -0.05) is 19.9 Å². The lowest BCUT2D eigenvalue weighted by Crippen LogP contribution is -2.54. The number of nitrogens with one attached hydrogen (secondary N) is 2. The van der Waals surface area contributed by atoms with E-state index in [4.69, 9.17) is 9.72 Å². The van der Waals surface area contributed by atoms with E-state index in [2.05, 4.69) is 31.8 Å². The fraction of sp³-hybridized carbons (Fsp3) is 0.357. The first-order valence-electron chi connectivity index (χ1n) is 19.8. The van der Waals surface area contributed by atoms with Gasteiger partial charge in [0.15, 0.2) is 5.82 Å². The number of carbonyl (C=O) groups is 4. The van der Waals surface area contributed by atoms with Gasteiger partial charge in [0, 0.05) is 54.3 Å². The third-order valence-corrected chi connectivity index (χ3v) is 13.0. The number of hydrogen-bond donors (Lipinski definition) is 2. The highest BCUT2D eigenvalue weighted by Crippen LogP contribution is 2.38. The molecule has 2 saturated heterocycles. The molecule has 0 radical (unpaired) electrons. The zero-order valence-corrected chi connectivity index (χ0v) is 33.7. The van der Waals surface area contributed by atoms with E-state index in [9.17, 15) is 27.6 Å². The van der Waals surface area contributed by atoms with Gasteiger partial charge in [-0.2, -0.15) is 0 Å². The zero-order chi connectivity index (χ0) is 42.3. The molecular weight excluding hydrogens is 799 g/mol. The van der Waals surface area contributed by atoms with Gasteiger partial charge >= 0.3 is 0 Å². The number of ether oxygens (including phenoxy) is 1. The number of imide groups is 2. The van der Waals surface area contributed by atoms with E-state index in [0.29, 0.717) is 35.1 Å². The first-order chi connectivity index (χ1) is 28.8. The molecule has 0 bridgehead atoms. The van der Waals surface area contributed by atoms with Crippen LogP contribution < -0.4 is 14.8 Å². The molecule has 2 aromatic carbocycles. The Hall–Kier alpha value is -6.14. The van der Waals surface area contributed by atoms with Gasteiger partial charge in [-0.05, 0) is 81.1 Å². The first-order valence-corrected chi connectivity index (χ1v) is 21.5. The Labute approximate surface area is 344 Å². The molecule has 2 unspecified atom stereocenters. The van der Waals surface area contributed by atoms with Gasteiger partial charge in [-0.3, -0.25) is 44.0 Å². The summed E-state index contributed by atoms with van der Waals surface area (Å²) < 4.78 is 66.3. The van der Waals surface area contributed by atoms with Crippen LogP contribution in [0.15, 0.2) is 67.4 Å². The van der Waals surface area contributed by atoms with Gasteiger partial charge in [-0.15, -0.1) is 0 Å². The lowest BCUT2D eigenvalue weighted by Gasteiger charge is -2.34. The molecule has 3 aliphatic rings. The van der Waals surface area contributed by atoms with Crippen molar-refractivity contribution in [2.75, 3.05) is 36.7 Å². The molecule has 2 fully saturated rings. The van der Waals surface area contributed by atoms with Crippen molar-refractivity contribution in [2.45, 2.75) is 57.9 Å². The maximum atomic E-state index is 16.1. The van der Waals surface area contributed by atoms with E-state index >= 15 is 8.78 Å². The van der Waals surface area contributed by atoms with E-state index in [1.165, 1.54) is 17.0 Å². The standard InChI is InChI=1S/C42H42F2N8O7S/c1-3-19-60(57,58)49-31-8-7-29(43)39(37(31)44)51-22-28(26-20-45-23-46-21-26)38-32(51)10-9-30(47-38)24(2)25-13-15-50(16-14-25)17-18-59-34-6-4-5-27-36(34)42(56)52(41(27)55)33-11-12-35(53)48-40(33)54/h4-10,20-25,33,49H,3,11-19H2,1-2H3,(H,48,53,54). The van der Waals surface area contributed by atoms with Crippen LogP contribution in [0.25, 0.3) is 27.8 Å². The molecule has 2 N–H and O–H groups in total. The van der Waals surface area contributed by atoms with Crippen molar-refractivity contribution in [1.29, 1.82) is 0 Å². The quantitative estimate of drug-likeness (QED) is 0.148. The Balaban J connectivity index is 0.956. The first kappa shape index (κ1) is 40.6. The zero-order valence-electron chi connectivity index (χ0n) is 32.9.